The van der Waals surface area contributed by atoms with Crippen LogP contribution >= 0.6 is 0 Å². The number of carbonyl (C=O) groups excluding carboxylic acids is 2. The summed E-state index contributed by atoms with van der Waals surface area (Å²) in [6.07, 6.45) is 5.83. The van der Waals surface area contributed by atoms with Crippen LogP contribution in [-0.2, 0) is 14.3 Å². The summed E-state index contributed by atoms with van der Waals surface area (Å²) in [7, 11) is 0. The van der Waals surface area contributed by atoms with Gasteiger partial charge >= 0.3 is 0 Å². The number of hydrogen-bond acceptors (Lipinski definition) is 4. The van der Waals surface area contributed by atoms with Gasteiger partial charge in [0.2, 0.25) is 5.91 Å². The van der Waals surface area contributed by atoms with Gasteiger partial charge in [0, 0.05) is 24.1 Å². The molecule has 0 bridgehead atoms. The summed E-state index contributed by atoms with van der Waals surface area (Å²) < 4.78 is 10.4. The van der Waals surface area contributed by atoms with Gasteiger partial charge in [-0.2, -0.15) is 0 Å². The van der Waals surface area contributed by atoms with Crippen molar-refractivity contribution in [2.24, 2.45) is 0 Å². The Hall–Kier alpha value is -2.86. The summed E-state index contributed by atoms with van der Waals surface area (Å²) >= 11 is 0. The highest BCUT2D eigenvalue weighted by atomic mass is 16.5. The summed E-state index contributed by atoms with van der Waals surface area (Å²) in [4.78, 5) is 23.8. The van der Waals surface area contributed by atoms with Crippen LogP contribution in [0.5, 0.6) is 0 Å². The lowest BCUT2D eigenvalue weighted by Crippen LogP contribution is -2.26. The van der Waals surface area contributed by atoms with Crippen LogP contribution < -0.4 is 10.6 Å². The number of nitrogens with one attached hydrogen (secondary N) is 2. The molecule has 1 aromatic carbocycles. The van der Waals surface area contributed by atoms with E-state index >= 15 is 0 Å². The first-order chi connectivity index (χ1) is 11.7. The Morgan fingerprint density at radius 3 is 2.46 bits per heavy atom. The molecule has 2 N–H and O–H groups in total. The molecule has 124 valence electrons. The Balaban J connectivity index is 1.52. The molecule has 1 fully saturated rings. The molecular formula is C18H18N2O4. The van der Waals surface area contributed by atoms with Gasteiger partial charge in [-0.15, -0.1) is 0 Å². The van der Waals surface area contributed by atoms with E-state index in [1.54, 1.807) is 48.7 Å². The van der Waals surface area contributed by atoms with Crippen LogP contribution in [0, 0.1) is 0 Å². The van der Waals surface area contributed by atoms with E-state index in [0.717, 1.165) is 12.8 Å². The fourth-order valence-corrected chi connectivity index (χ4v) is 2.37. The predicted octanol–water partition coefficient (Wildman–Crippen LogP) is 3.05. The Bertz CT molecular complexity index is 714. The molecule has 6 nitrogen and oxygen atoms in total. The van der Waals surface area contributed by atoms with Gasteiger partial charge < -0.3 is 19.8 Å². The first-order valence-corrected chi connectivity index (χ1v) is 7.76. The predicted molar refractivity (Wildman–Crippen MR) is 90.4 cm³/mol. The van der Waals surface area contributed by atoms with Gasteiger partial charge in [-0.25, -0.2) is 0 Å². The van der Waals surface area contributed by atoms with Gasteiger partial charge in [0.1, 0.15) is 11.9 Å². The van der Waals surface area contributed by atoms with Crippen LogP contribution in [0.2, 0.25) is 0 Å². The average molecular weight is 326 g/mol. The van der Waals surface area contributed by atoms with Crippen molar-refractivity contribution in [3.05, 3.63) is 54.5 Å². The normalized spacial score (nSPS) is 17.1. The molecule has 1 aromatic heterocycles. The minimum absolute atomic E-state index is 0.134. The molecule has 2 aromatic rings. The van der Waals surface area contributed by atoms with E-state index < -0.39 is 0 Å². The molecule has 24 heavy (non-hydrogen) atoms. The van der Waals surface area contributed by atoms with Crippen molar-refractivity contribution >= 4 is 29.3 Å². The van der Waals surface area contributed by atoms with Crippen molar-refractivity contribution in [2.75, 3.05) is 17.2 Å². The van der Waals surface area contributed by atoms with Crippen LogP contribution in [0.1, 0.15) is 18.6 Å². The summed E-state index contributed by atoms with van der Waals surface area (Å²) in [5.41, 5.74) is 1.30. The Kier molecular flexibility index (Phi) is 5.08. The monoisotopic (exact) mass is 326 g/mol. The Morgan fingerprint density at radius 1 is 1.08 bits per heavy atom. The van der Waals surface area contributed by atoms with E-state index in [9.17, 15) is 9.59 Å². The summed E-state index contributed by atoms with van der Waals surface area (Å²) in [6, 6.07) is 10.4. The van der Waals surface area contributed by atoms with Crippen molar-refractivity contribution in [1.29, 1.82) is 0 Å². The number of anilines is 2. The standard InChI is InChI=1S/C18H18N2O4/c21-17(10-9-15-3-1-11-23-15)19-13-5-7-14(8-6-13)20-18(22)16-4-2-12-24-16/h1,3,5-11,16H,2,4,12H2,(H,19,21)(H,20,22)/b10-9+. The second-order valence-corrected chi connectivity index (χ2v) is 5.41. The third-order valence-electron chi connectivity index (χ3n) is 3.58. The lowest BCUT2D eigenvalue weighted by Gasteiger charge is -2.11. The maximum atomic E-state index is 12.0. The number of ether oxygens (including phenoxy) is 1. The molecule has 2 heterocycles. The van der Waals surface area contributed by atoms with E-state index in [1.807, 2.05) is 0 Å². The van der Waals surface area contributed by atoms with Crippen LogP contribution in [0.4, 0.5) is 11.4 Å². The molecule has 1 aliphatic heterocycles. The van der Waals surface area contributed by atoms with E-state index in [4.69, 9.17) is 9.15 Å². The number of hydrogen-bond donors (Lipinski definition) is 2. The Labute approximate surface area is 139 Å². The highest BCUT2D eigenvalue weighted by Gasteiger charge is 2.23. The molecule has 0 aliphatic carbocycles. The van der Waals surface area contributed by atoms with E-state index in [0.29, 0.717) is 23.7 Å². The van der Waals surface area contributed by atoms with Gasteiger partial charge in [0.25, 0.3) is 5.91 Å². The molecule has 1 unspecified atom stereocenters. The highest BCUT2D eigenvalue weighted by molar-refractivity contribution is 6.02. The van der Waals surface area contributed by atoms with Crippen LogP contribution in [0.15, 0.2) is 53.2 Å². The molecule has 0 saturated carbocycles. The Morgan fingerprint density at radius 2 is 1.83 bits per heavy atom. The van der Waals surface area contributed by atoms with Gasteiger partial charge in [-0.3, -0.25) is 9.59 Å². The number of amides is 2. The molecule has 1 saturated heterocycles. The molecule has 3 rings (SSSR count). The zero-order valence-corrected chi connectivity index (χ0v) is 13.0. The molecule has 6 heteroatoms. The minimum Gasteiger partial charge on any atom is -0.465 e. The summed E-state index contributed by atoms with van der Waals surface area (Å²) in [5.74, 6) is 0.213. The SMILES string of the molecule is O=C(/C=C/c1ccco1)Nc1ccc(NC(=O)C2CCCO2)cc1. The van der Waals surface area contributed by atoms with E-state index in [1.165, 1.54) is 6.08 Å². The molecular weight excluding hydrogens is 308 g/mol. The second-order valence-electron chi connectivity index (χ2n) is 5.41. The number of carbonyl (C=O) groups is 2. The van der Waals surface area contributed by atoms with Crippen LogP contribution in [-0.4, -0.2) is 24.5 Å². The maximum absolute atomic E-state index is 12.0. The van der Waals surface area contributed by atoms with Crippen LogP contribution in [0.25, 0.3) is 6.08 Å². The van der Waals surface area contributed by atoms with Crippen molar-refractivity contribution in [2.45, 2.75) is 18.9 Å². The second kappa shape index (κ2) is 7.61. The average Bonchev–Trinajstić information content (AvgIpc) is 3.28. The molecule has 0 spiro atoms. The largest absolute Gasteiger partial charge is 0.465 e. The zero-order valence-electron chi connectivity index (χ0n) is 13.0. The van der Waals surface area contributed by atoms with Gasteiger partial charge in [0.05, 0.1) is 6.26 Å². The zero-order chi connectivity index (χ0) is 16.8. The van der Waals surface area contributed by atoms with Gasteiger partial charge in [0.15, 0.2) is 0 Å². The lowest BCUT2D eigenvalue weighted by molar-refractivity contribution is -0.124. The van der Waals surface area contributed by atoms with Crippen molar-refractivity contribution in [1.82, 2.24) is 0 Å². The molecule has 2 amide bonds. The maximum Gasteiger partial charge on any atom is 0.253 e. The van der Waals surface area contributed by atoms with Crippen LogP contribution in [0.3, 0.4) is 0 Å². The third-order valence-corrected chi connectivity index (χ3v) is 3.58. The molecule has 1 aliphatic rings. The minimum atomic E-state index is -0.365. The van der Waals surface area contributed by atoms with Gasteiger partial charge in [-0.1, -0.05) is 0 Å². The third kappa shape index (κ3) is 4.33. The quantitative estimate of drug-likeness (QED) is 0.828. The molecule has 1 atom stereocenters. The molecule has 0 radical (unpaired) electrons. The van der Waals surface area contributed by atoms with Crippen molar-refractivity contribution in [3.8, 4) is 0 Å². The number of furan rings is 1. The number of benzene rings is 1. The first-order valence-electron chi connectivity index (χ1n) is 7.76. The fourth-order valence-electron chi connectivity index (χ4n) is 2.37. The topological polar surface area (TPSA) is 80.6 Å². The summed E-state index contributed by atoms with van der Waals surface area (Å²) in [6.45, 7) is 0.634. The fraction of sp³-hybridized carbons (Fsp3) is 0.222. The summed E-state index contributed by atoms with van der Waals surface area (Å²) in [5, 5.41) is 5.54. The first kappa shape index (κ1) is 16.0. The van der Waals surface area contributed by atoms with E-state index in [-0.39, 0.29) is 17.9 Å². The lowest BCUT2D eigenvalue weighted by atomic mass is 10.2. The highest BCUT2D eigenvalue weighted by Crippen LogP contribution is 2.17. The van der Waals surface area contributed by atoms with Crippen molar-refractivity contribution < 1.29 is 18.7 Å². The number of rotatable bonds is 5. The van der Waals surface area contributed by atoms with E-state index in [2.05, 4.69) is 10.6 Å². The smallest absolute Gasteiger partial charge is 0.253 e. The van der Waals surface area contributed by atoms with Gasteiger partial charge in [-0.05, 0) is 55.3 Å². The van der Waals surface area contributed by atoms with Crippen molar-refractivity contribution in [3.63, 3.8) is 0 Å².